The van der Waals surface area contributed by atoms with Crippen LogP contribution in [0.5, 0.6) is 0 Å². The predicted molar refractivity (Wildman–Crippen MR) is 111 cm³/mol. The van der Waals surface area contributed by atoms with Gasteiger partial charge in [-0.25, -0.2) is 0 Å². The molecule has 1 rings (SSSR count). The first kappa shape index (κ1) is 23.4. The number of nitrogens with one attached hydrogen (secondary N) is 3. The topological polar surface area (TPSA) is 72.0 Å². The molecule has 1 fully saturated rings. The van der Waals surface area contributed by atoms with Crippen molar-refractivity contribution in [2.24, 2.45) is 4.99 Å². The van der Waals surface area contributed by atoms with Crippen LogP contribution < -0.4 is 16.0 Å². The van der Waals surface area contributed by atoms with Gasteiger partial charge in [-0.2, -0.15) is 0 Å². The van der Waals surface area contributed by atoms with Crippen LogP contribution in [0.15, 0.2) is 4.99 Å². The SMILES string of the molecule is CN=C(NCC(=O)NC(C)(C)C)NCC(C)N1CCN(C)CC1.I. The molecule has 1 aliphatic heterocycles. The Bertz CT molecular complexity index is 402. The number of likely N-dealkylation sites (N-methyl/N-ethyl adjacent to an activating group) is 1. The van der Waals surface area contributed by atoms with Gasteiger partial charge in [-0.15, -0.1) is 24.0 Å². The molecule has 0 radical (unpaired) electrons. The molecule has 0 saturated carbocycles. The average Bonchev–Trinajstić information content (AvgIpc) is 2.46. The minimum atomic E-state index is -0.217. The number of carbonyl (C=O) groups is 1. The van der Waals surface area contributed by atoms with Crippen molar-refractivity contribution in [2.45, 2.75) is 39.3 Å². The molecule has 0 aromatic heterocycles. The van der Waals surface area contributed by atoms with Crippen molar-refractivity contribution in [1.29, 1.82) is 0 Å². The van der Waals surface area contributed by atoms with Gasteiger partial charge in [0.15, 0.2) is 5.96 Å². The molecule has 8 heteroatoms. The fourth-order valence-electron chi connectivity index (χ4n) is 2.48. The highest BCUT2D eigenvalue weighted by Gasteiger charge is 2.19. The molecular weight excluding hydrogens is 419 g/mol. The Morgan fingerprint density at radius 1 is 1.17 bits per heavy atom. The average molecular weight is 454 g/mol. The standard InChI is InChI=1S/C16H34N6O.HI/c1-13(22-9-7-21(6)8-10-22)11-18-15(17-5)19-12-14(23)20-16(2,3)4;/h13H,7-12H2,1-6H3,(H,20,23)(H2,17,18,19);1H. The molecule has 1 unspecified atom stereocenters. The normalized spacial score (nSPS) is 18.5. The highest BCUT2D eigenvalue weighted by atomic mass is 127. The number of amides is 1. The van der Waals surface area contributed by atoms with Crippen molar-refractivity contribution in [3.63, 3.8) is 0 Å². The molecule has 0 aliphatic carbocycles. The minimum absolute atomic E-state index is 0. The molecule has 1 saturated heterocycles. The summed E-state index contributed by atoms with van der Waals surface area (Å²) in [5.41, 5.74) is -0.217. The van der Waals surface area contributed by atoms with Crippen LogP contribution in [0.1, 0.15) is 27.7 Å². The Hall–Kier alpha value is -0.610. The Morgan fingerprint density at radius 2 is 1.75 bits per heavy atom. The predicted octanol–water partition coefficient (Wildman–Crippen LogP) is 0.320. The van der Waals surface area contributed by atoms with E-state index in [0.717, 1.165) is 32.7 Å². The Kier molecular flexibility index (Phi) is 10.8. The van der Waals surface area contributed by atoms with Gasteiger partial charge in [0.2, 0.25) is 5.91 Å². The number of piperazine rings is 1. The number of hydrogen-bond acceptors (Lipinski definition) is 4. The van der Waals surface area contributed by atoms with Gasteiger partial charge in [0.1, 0.15) is 0 Å². The molecule has 7 nitrogen and oxygen atoms in total. The second-order valence-electron chi connectivity index (χ2n) is 7.29. The molecule has 0 spiro atoms. The van der Waals surface area contributed by atoms with E-state index in [1.165, 1.54) is 0 Å². The second kappa shape index (κ2) is 11.1. The zero-order valence-corrected chi connectivity index (χ0v) is 18.3. The number of rotatable bonds is 5. The van der Waals surface area contributed by atoms with Gasteiger partial charge < -0.3 is 20.9 Å². The summed E-state index contributed by atoms with van der Waals surface area (Å²) in [4.78, 5) is 20.8. The van der Waals surface area contributed by atoms with Gasteiger partial charge in [-0.3, -0.25) is 14.7 Å². The lowest BCUT2D eigenvalue weighted by Crippen LogP contribution is -2.53. The first-order valence-corrected chi connectivity index (χ1v) is 8.39. The smallest absolute Gasteiger partial charge is 0.239 e. The summed E-state index contributed by atoms with van der Waals surface area (Å²) in [6, 6.07) is 0.436. The van der Waals surface area contributed by atoms with Crippen molar-refractivity contribution in [1.82, 2.24) is 25.8 Å². The molecule has 0 aromatic carbocycles. The monoisotopic (exact) mass is 454 g/mol. The Balaban J connectivity index is 0.00000529. The maximum atomic E-state index is 11.8. The Labute approximate surface area is 164 Å². The third kappa shape index (κ3) is 9.63. The van der Waals surface area contributed by atoms with E-state index in [2.05, 4.69) is 44.7 Å². The highest BCUT2D eigenvalue weighted by Crippen LogP contribution is 2.03. The van der Waals surface area contributed by atoms with Crippen molar-refractivity contribution >= 4 is 35.8 Å². The van der Waals surface area contributed by atoms with E-state index in [-0.39, 0.29) is 42.0 Å². The van der Waals surface area contributed by atoms with Crippen molar-refractivity contribution in [3.8, 4) is 0 Å². The lowest BCUT2D eigenvalue weighted by Gasteiger charge is -2.36. The first-order chi connectivity index (χ1) is 10.7. The zero-order valence-electron chi connectivity index (χ0n) is 16.0. The van der Waals surface area contributed by atoms with Crippen molar-refractivity contribution in [2.75, 3.05) is 53.4 Å². The van der Waals surface area contributed by atoms with E-state index in [1.54, 1.807) is 7.05 Å². The van der Waals surface area contributed by atoms with Gasteiger partial charge in [-0.1, -0.05) is 0 Å². The molecule has 0 aromatic rings. The first-order valence-electron chi connectivity index (χ1n) is 8.39. The summed E-state index contributed by atoms with van der Waals surface area (Å²) in [5.74, 6) is 0.627. The zero-order chi connectivity index (χ0) is 17.5. The molecule has 142 valence electrons. The van der Waals surface area contributed by atoms with Gasteiger partial charge in [-0.05, 0) is 34.7 Å². The fourth-order valence-corrected chi connectivity index (χ4v) is 2.48. The third-order valence-corrected chi connectivity index (χ3v) is 3.88. The summed E-state index contributed by atoms with van der Waals surface area (Å²) in [6.45, 7) is 13.6. The van der Waals surface area contributed by atoms with E-state index in [4.69, 9.17) is 0 Å². The van der Waals surface area contributed by atoms with Gasteiger partial charge in [0.05, 0.1) is 6.54 Å². The molecule has 1 amide bonds. The molecule has 1 heterocycles. The van der Waals surface area contributed by atoms with Crippen LogP contribution in [0.2, 0.25) is 0 Å². The lowest BCUT2D eigenvalue weighted by molar-refractivity contribution is -0.121. The number of hydrogen-bond donors (Lipinski definition) is 3. The minimum Gasteiger partial charge on any atom is -0.355 e. The molecule has 1 atom stereocenters. The number of guanidine groups is 1. The molecule has 24 heavy (non-hydrogen) atoms. The Morgan fingerprint density at radius 3 is 2.25 bits per heavy atom. The van der Waals surface area contributed by atoms with E-state index in [0.29, 0.717) is 12.0 Å². The van der Waals surface area contributed by atoms with Gasteiger partial charge in [0.25, 0.3) is 0 Å². The number of carbonyl (C=O) groups excluding carboxylic acids is 1. The molecule has 0 bridgehead atoms. The lowest BCUT2D eigenvalue weighted by atomic mass is 10.1. The highest BCUT2D eigenvalue weighted by molar-refractivity contribution is 14.0. The third-order valence-electron chi connectivity index (χ3n) is 3.88. The largest absolute Gasteiger partial charge is 0.355 e. The maximum absolute atomic E-state index is 11.8. The van der Waals surface area contributed by atoms with Crippen LogP contribution in [0.25, 0.3) is 0 Å². The number of nitrogens with zero attached hydrogens (tertiary/aromatic N) is 3. The van der Waals surface area contributed by atoms with Gasteiger partial charge >= 0.3 is 0 Å². The van der Waals surface area contributed by atoms with Gasteiger partial charge in [0, 0.05) is 51.4 Å². The van der Waals surface area contributed by atoms with Crippen LogP contribution in [0.3, 0.4) is 0 Å². The van der Waals surface area contributed by atoms with E-state index in [9.17, 15) is 4.79 Å². The van der Waals surface area contributed by atoms with Crippen molar-refractivity contribution in [3.05, 3.63) is 0 Å². The molecular formula is C16H35IN6O. The summed E-state index contributed by atoms with van der Waals surface area (Å²) in [6.07, 6.45) is 0. The van der Waals surface area contributed by atoms with Crippen LogP contribution in [0.4, 0.5) is 0 Å². The maximum Gasteiger partial charge on any atom is 0.239 e. The molecule has 1 aliphatic rings. The number of aliphatic imine (C=N–C) groups is 1. The quantitative estimate of drug-likeness (QED) is 0.317. The van der Waals surface area contributed by atoms with E-state index in [1.807, 2.05) is 20.8 Å². The van der Waals surface area contributed by atoms with E-state index >= 15 is 0 Å². The van der Waals surface area contributed by atoms with Crippen LogP contribution in [-0.4, -0.2) is 86.6 Å². The summed E-state index contributed by atoms with van der Waals surface area (Å²) >= 11 is 0. The van der Waals surface area contributed by atoms with Crippen molar-refractivity contribution < 1.29 is 4.79 Å². The number of halogens is 1. The van der Waals surface area contributed by atoms with Crippen LogP contribution in [-0.2, 0) is 4.79 Å². The van der Waals surface area contributed by atoms with Crippen LogP contribution >= 0.6 is 24.0 Å². The second-order valence-corrected chi connectivity index (χ2v) is 7.29. The fraction of sp³-hybridized carbons (Fsp3) is 0.875. The van der Waals surface area contributed by atoms with E-state index < -0.39 is 0 Å². The van der Waals surface area contributed by atoms with Crippen LogP contribution in [0, 0.1) is 0 Å². The summed E-state index contributed by atoms with van der Waals surface area (Å²) in [7, 11) is 3.88. The summed E-state index contributed by atoms with van der Waals surface area (Å²) < 4.78 is 0. The summed E-state index contributed by atoms with van der Waals surface area (Å²) in [5, 5.41) is 9.28. The molecule has 3 N–H and O–H groups in total.